The zero-order valence-corrected chi connectivity index (χ0v) is 55.6. The van der Waals surface area contributed by atoms with Gasteiger partial charge in [-0.25, -0.2) is 0 Å². The standard InChI is InChI=1S/C72H133N2O7P/c1-7-10-13-16-19-22-25-28-30-32-34-35-36-37-38-39-41-42-44-46-49-52-55-58-61-64-71(75)73-69(68-80-82(77,78)79-67-66-74(4,5)6)70(63-60-57-54-51-48-27-24-21-18-15-12-9-3)81-72(76)65-62-59-56-53-50-47-45-43-40-33-31-29-26-23-20-17-14-11-8-2/h10,13,19,22,28,30,34-35,37-38,60,63,69-70H,7-9,11-12,14-18,20-21,23-27,29,31-33,36,39-59,61-62,64-68H2,1-6H3,(H-,73,75,77,78)/b13-10-,22-19-,30-28-,35-34-,38-37-,63-60-. The maximum Gasteiger partial charge on any atom is 0.306 e. The van der Waals surface area contributed by atoms with E-state index in [1.165, 1.54) is 186 Å². The lowest BCUT2D eigenvalue weighted by Gasteiger charge is -2.30. The number of unbranched alkanes of at least 4 members (excludes halogenated alkanes) is 37. The molecule has 82 heavy (non-hydrogen) atoms. The molecule has 0 radical (unpaired) electrons. The van der Waals surface area contributed by atoms with Gasteiger partial charge in [-0.2, -0.15) is 0 Å². The summed E-state index contributed by atoms with van der Waals surface area (Å²) in [4.78, 5) is 40.2. The molecule has 0 aliphatic carbocycles. The van der Waals surface area contributed by atoms with E-state index >= 15 is 0 Å². The number of carbonyl (C=O) groups is 2. The predicted octanol–water partition coefficient (Wildman–Crippen LogP) is 21.3. The molecule has 3 atom stereocenters. The van der Waals surface area contributed by atoms with E-state index in [0.717, 1.165) is 103 Å². The molecule has 0 aliphatic rings. The number of ether oxygens (including phenoxy) is 1. The number of hydrogen-bond donors (Lipinski definition) is 1. The molecular formula is C72H133N2O7P. The maximum atomic E-state index is 13.6. The van der Waals surface area contributed by atoms with E-state index in [1.807, 2.05) is 33.3 Å². The number of quaternary nitrogens is 1. The average Bonchev–Trinajstić information content (AvgIpc) is 3.44. The van der Waals surface area contributed by atoms with Gasteiger partial charge in [0.1, 0.15) is 19.3 Å². The SMILES string of the molecule is CC/C=C\C/C=C\C/C=C\C/C=C\C/C=C\CCCCCCCCCCCC(=O)NC(COP(=O)([O-])OCC[N+](C)(C)C)C(/C=C\CCCCCCCCCCCC)OC(=O)CCCCCCCCCCCCCCCCCCCCC. The van der Waals surface area contributed by atoms with Crippen LogP contribution in [0.1, 0.15) is 323 Å². The third-order valence-electron chi connectivity index (χ3n) is 15.4. The topological polar surface area (TPSA) is 114 Å². The van der Waals surface area contributed by atoms with Gasteiger partial charge in [-0.15, -0.1) is 0 Å². The van der Waals surface area contributed by atoms with Crippen LogP contribution in [0.4, 0.5) is 0 Å². The quantitative estimate of drug-likeness (QED) is 0.0212. The van der Waals surface area contributed by atoms with Crippen LogP contribution in [-0.2, 0) is 27.9 Å². The summed E-state index contributed by atoms with van der Waals surface area (Å²) >= 11 is 0. The molecule has 10 heteroatoms. The summed E-state index contributed by atoms with van der Waals surface area (Å²) in [7, 11) is 1.19. The summed E-state index contributed by atoms with van der Waals surface area (Å²) in [5.74, 6) is -0.537. The number of esters is 1. The number of likely N-dealkylation sites (N-methyl/N-ethyl adjacent to an activating group) is 1. The Hall–Kier alpha value is -2.55. The summed E-state index contributed by atoms with van der Waals surface area (Å²) in [6.07, 6.45) is 80.2. The number of nitrogens with one attached hydrogen (secondary N) is 1. The van der Waals surface area contributed by atoms with Crippen LogP contribution < -0.4 is 10.2 Å². The average molecular weight is 1170 g/mol. The molecule has 1 amide bonds. The fourth-order valence-corrected chi connectivity index (χ4v) is 10.8. The number of rotatable bonds is 63. The molecule has 3 unspecified atom stereocenters. The molecule has 0 fully saturated rings. The van der Waals surface area contributed by atoms with Crippen molar-refractivity contribution < 1.29 is 37.3 Å². The monoisotopic (exact) mass is 1170 g/mol. The van der Waals surface area contributed by atoms with Crippen LogP contribution in [0.3, 0.4) is 0 Å². The lowest BCUT2D eigenvalue weighted by atomic mass is 10.0. The first-order valence-electron chi connectivity index (χ1n) is 34.7. The molecule has 0 saturated carbocycles. The van der Waals surface area contributed by atoms with E-state index in [2.05, 4.69) is 86.8 Å². The Bertz CT molecular complexity index is 1630. The minimum Gasteiger partial charge on any atom is -0.756 e. The molecule has 0 aliphatic heterocycles. The van der Waals surface area contributed by atoms with Crippen molar-refractivity contribution in [3.05, 3.63) is 72.9 Å². The van der Waals surface area contributed by atoms with Crippen LogP contribution in [0.25, 0.3) is 0 Å². The van der Waals surface area contributed by atoms with Crippen molar-refractivity contribution in [3.8, 4) is 0 Å². The normalized spacial score (nSPS) is 14.0. The Kier molecular flexibility index (Phi) is 59.6. The molecular weight excluding hydrogens is 1040 g/mol. The van der Waals surface area contributed by atoms with Gasteiger partial charge in [-0.3, -0.25) is 14.2 Å². The van der Waals surface area contributed by atoms with E-state index in [1.54, 1.807) is 0 Å². The number of carbonyl (C=O) groups excluding carboxylic acids is 2. The fourth-order valence-electron chi connectivity index (χ4n) is 10.1. The van der Waals surface area contributed by atoms with Crippen molar-refractivity contribution in [2.45, 2.75) is 335 Å². The highest BCUT2D eigenvalue weighted by Crippen LogP contribution is 2.38. The second-order valence-electron chi connectivity index (χ2n) is 24.7. The van der Waals surface area contributed by atoms with Gasteiger partial charge in [0.25, 0.3) is 7.82 Å². The molecule has 478 valence electrons. The van der Waals surface area contributed by atoms with E-state index in [-0.39, 0.29) is 31.5 Å². The van der Waals surface area contributed by atoms with Gasteiger partial charge >= 0.3 is 5.97 Å². The lowest BCUT2D eigenvalue weighted by molar-refractivity contribution is -0.870. The van der Waals surface area contributed by atoms with E-state index in [0.29, 0.717) is 17.4 Å². The highest BCUT2D eigenvalue weighted by Gasteiger charge is 2.27. The first-order valence-corrected chi connectivity index (χ1v) is 36.2. The summed E-state index contributed by atoms with van der Waals surface area (Å²) in [5.41, 5.74) is 0. The second kappa shape index (κ2) is 61.5. The zero-order valence-electron chi connectivity index (χ0n) is 54.7. The molecule has 9 nitrogen and oxygen atoms in total. The minimum absolute atomic E-state index is 0.0241. The van der Waals surface area contributed by atoms with Gasteiger partial charge in [0.15, 0.2) is 0 Å². The van der Waals surface area contributed by atoms with Crippen molar-refractivity contribution >= 4 is 19.7 Å². The number of allylic oxidation sites excluding steroid dienone is 11. The predicted molar refractivity (Wildman–Crippen MR) is 353 cm³/mol. The fraction of sp³-hybridized carbons (Fsp3) is 0.806. The second-order valence-corrected chi connectivity index (χ2v) is 26.1. The maximum absolute atomic E-state index is 13.6. The number of hydrogen-bond acceptors (Lipinski definition) is 7. The van der Waals surface area contributed by atoms with Crippen LogP contribution in [-0.4, -0.2) is 69.4 Å². The van der Waals surface area contributed by atoms with Gasteiger partial charge in [-0.05, 0) is 76.7 Å². The summed E-state index contributed by atoms with van der Waals surface area (Å²) in [6.45, 7) is 6.76. The number of phosphoric acid groups is 1. The van der Waals surface area contributed by atoms with Crippen molar-refractivity contribution in [2.75, 3.05) is 40.9 Å². The number of phosphoric ester groups is 1. The molecule has 0 aromatic carbocycles. The van der Waals surface area contributed by atoms with Crippen LogP contribution in [0.5, 0.6) is 0 Å². The zero-order chi connectivity index (χ0) is 60.0. The van der Waals surface area contributed by atoms with Gasteiger partial charge in [-0.1, -0.05) is 306 Å². The molecule has 0 aromatic heterocycles. The smallest absolute Gasteiger partial charge is 0.306 e. The Morgan fingerprint density at radius 2 is 0.780 bits per heavy atom. The first-order chi connectivity index (χ1) is 39.9. The first kappa shape index (κ1) is 79.5. The molecule has 0 saturated heterocycles. The van der Waals surface area contributed by atoms with Crippen molar-refractivity contribution in [3.63, 3.8) is 0 Å². The molecule has 0 heterocycles. The largest absolute Gasteiger partial charge is 0.756 e. The molecule has 0 spiro atoms. The van der Waals surface area contributed by atoms with E-state index in [9.17, 15) is 19.0 Å². The number of nitrogens with zero attached hydrogens (tertiary/aromatic N) is 1. The van der Waals surface area contributed by atoms with Crippen LogP contribution in [0, 0.1) is 0 Å². The lowest BCUT2D eigenvalue weighted by Crippen LogP contribution is -2.47. The molecule has 1 N–H and O–H groups in total. The summed E-state index contributed by atoms with van der Waals surface area (Å²) in [6, 6.07) is -0.893. The van der Waals surface area contributed by atoms with E-state index in [4.69, 9.17) is 13.8 Å². The molecule has 0 bridgehead atoms. The Labute approximate surface area is 508 Å². The third kappa shape index (κ3) is 62.0. The Morgan fingerprint density at radius 3 is 1.17 bits per heavy atom. The Balaban J connectivity index is 5.10. The van der Waals surface area contributed by atoms with Gasteiger partial charge < -0.3 is 28.5 Å². The van der Waals surface area contributed by atoms with E-state index < -0.39 is 20.0 Å². The van der Waals surface area contributed by atoms with Gasteiger partial charge in [0.2, 0.25) is 5.91 Å². The Morgan fingerprint density at radius 1 is 0.439 bits per heavy atom. The van der Waals surface area contributed by atoms with Gasteiger partial charge in [0.05, 0.1) is 33.8 Å². The molecule has 0 aromatic rings. The summed E-state index contributed by atoms with van der Waals surface area (Å²) in [5, 5.41) is 3.04. The van der Waals surface area contributed by atoms with Crippen LogP contribution in [0.2, 0.25) is 0 Å². The van der Waals surface area contributed by atoms with Crippen molar-refractivity contribution in [1.82, 2.24) is 5.32 Å². The van der Waals surface area contributed by atoms with Crippen molar-refractivity contribution in [1.29, 1.82) is 0 Å². The summed E-state index contributed by atoms with van der Waals surface area (Å²) < 4.78 is 30.4. The van der Waals surface area contributed by atoms with Gasteiger partial charge in [0, 0.05) is 12.8 Å². The van der Waals surface area contributed by atoms with Crippen molar-refractivity contribution in [2.24, 2.45) is 0 Å². The van der Waals surface area contributed by atoms with Crippen LogP contribution >= 0.6 is 7.82 Å². The molecule has 0 rings (SSSR count). The number of amides is 1. The minimum atomic E-state index is -4.71. The third-order valence-corrected chi connectivity index (χ3v) is 16.4. The van der Waals surface area contributed by atoms with Crippen LogP contribution in [0.15, 0.2) is 72.9 Å². The highest BCUT2D eigenvalue weighted by molar-refractivity contribution is 7.45. The highest BCUT2D eigenvalue weighted by atomic mass is 31.2.